The Morgan fingerprint density at radius 3 is 2.82 bits per heavy atom. The van der Waals surface area contributed by atoms with Crippen LogP contribution in [0.5, 0.6) is 5.75 Å². The minimum atomic E-state index is -0.945. The molecule has 0 aliphatic carbocycles. The molecular weight excluding hydrogens is 282 g/mol. The third-order valence-corrected chi connectivity index (χ3v) is 3.72. The monoisotopic (exact) mass is 305 g/mol. The number of hydrogen-bond acceptors (Lipinski definition) is 3. The summed E-state index contributed by atoms with van der Waals surface area (Å²) in [6, 6.07) is 5.58. The third kappa shape index (κ3) is 4.48. The molecule has 1 aromatic rings. The molecule has 1 atom stereocenters. The number of hydrogen-bond donors (Lipinski definition) is 2. The first-order valence-corrected chi connectivity index (χ1v) is 7.74. The number of carbonyl (C=O) groups excluding carboxylic acids is 1. The fourth-order valence-electron chi connectivity index (χ4n) is 2.75. The Morgan fingerprint density at radius 1 is 1.36 bits per heavy atom. The molecule has 120 valence electrons. The maximum Gasteiger partial charge on any atom is 0.304 e. The predicted octanol–water partition coefficient (Wildman–Crippen LogP) is 3.09. The molecule has 0 saturated carbocycles. The number of carboxylic acids is 1. The van der Waals surface area contributed by atoms with Gasteiger partial charge < -0.3 is 15.2 Å². The highest BCUT2D eigenvalue weighted by molar-refractivity contribution is 5.94. The van der Waals surface area contributed by atoms with Gasteiger partial charge in [0, 0.05) is 11.6 Å². The van der Waals surface area contributed by atoms with Gasteiger partial charge in [0.1, 0.15) is 5.75 Å². The van der Waals surface area contributed by atoms with Crippen LogP contribution >= 0.6 is 0 Å². The number of carboxylic acid groups (broad SMARTS) is 1. The second kappa shape index (κ2) is 7.29. The molecule has 2 N–H and O–H groups in total. The first-order valence-electron chi connectivity index (χ1n) is 7.74. The summed E-state index contributed by atoms with van der Waals surface area (Å²) in [4.78, 5) is 23.3. The molecule has 0 bridgehead atoms. The average molecular weight is 305 g/mol. The van der Waals surface area contributed by atoms with Crippen molar-refractivity contribution >= 4 is 17.6 Å². The molecule has 0 radical (unpaired) electrons. The maximum absolute atomic E-state index is 12.3. The second-order valence-electron chi connectivity index (χ2n) is 6.19. The lowest BCUT2D eigenvalue weighted by Crippen LogP contribution is -2.26. The summed E-state index contributed by atoms with van der Waals surface area (Å²) in [5.41, 5.74) is 1.79. The van der Waals surface area contributed by atoms with Crippen LogP contribution in [0.2, 0.25) is 0 Å². The smallest absolute Gasteiger partial charge is 0.304 e. The molecule has 1 aliphatic rings. The standard InChI is InChI=1S/C17H23NO4/c1-11(2)8-13(10-16(19)20)17(21)18-14-5-6-15-12(9-14)4-3-7-22-15/h5-6,9,11,13H,3-4,7-8,10H2,1-2H3,(H,18,21)(H,19,20). The molecule has 1 amide bonds. The summed E-state index contributed by atoms with van der Waals surface area (Å²) in [7, 11) is 0. The number of benzene rings is 1. The topological polar surface area (TPSA) is 75.6 Å². The van der Waals surface area contributed by atoms with Gasteiger partial charge in [-0.2, -0.15) is 0 Å². The first kappa shape index (κ1) is 16.3. The minimum absolute atomic E-state index is 0.141. The van der Waals surface area contributed by atoms with Crippen LogP contribution in [0.25, 0.3) is 0 Å². The molecule has 1 unspecified atom stereocenters. The zero-order valence-electron chi connectivity index (χ0n) is 13.1. The molecule has 5 nitrogen and oxygen atoms in total. The lowest BCUT2D eigenvalue weighted by molar-refractivity contribution is -0.140. The van der Waals surface area contributed by atoms with E-state index in [0.717, 1.165) is 30.8 Å². The normalized spacial score (nSPS) is 14.9. The lowest BCUT2D eigenvalue weighted by Gasteiger charge is -2.20. The number of nitrogens with one attached hydrogen (secondary N) is 1. The predicted molar refractivity (Wildman–Crippen MR) is 84.1 cm³/mol. The van der Waals surface area contributed by atoms with E-state index >= 15 is 0 Å². The van der Waals surface area contributed by atoms with Crippen LogP contribution in [0.1, 0.15) is 38.7 Å². The average Bonchev–Trinajstić information content (AvgIpc) is 2.45. The zero-order chi connectivity index (χ0) is 16.1. The van der Waals surface area contributed by atoms with Gasteiger partial charge in [0.15, 0.2) is 0 Å². The van der Waals surface area contributed by atoms with Gasteiger partial charge in [0.25, 0.3) is 0 Å². The number of carbonyl (C=O) groups is 2. The highest BCUT2D eigenvalue weighted by Gasteiger charge is 2.23. The number of ether oxygens (including phenoxy) is 1. The van der Waals surface area contributed by atoms with Crippen molar-refractivity contribution < 1.29 is 19.4 Å². The van der Waals surface area contributed by atoms with Crippen molar-refractivity contribution in [3.63, 3.8) is 0 Å². The van der Waals surface area contributed by atoms with Gasteiger partial charge in [-0.05, 0) is 48.9 Å². The van der Waals surface area contributed by atoms with Gasteiger partial charge in [-0.25, -0.2) is 0 Å². The van der Waals surface area contributed by atoms with E-state index < -0.39 is 11.9 Å². The Kier molecular flexibility index (Phi) is 5.41. The molecule has 5 heteroatoms. The van der Waals surface area contributed by atoms with Crippen molar-refractivity contribution in [2.75, 3.05) is 11.9 Å². The molecule has 0 spiro atoms. The Labute approximate surface area is 130 Å². The van der Waals surface area contributed by atoms with Crippen LogP contribution in [-0.2, 0) is 16.0 Å². The summed E-state index contributed by atoms with van der Waals surface area (Å²) in [5, 5.41) is 11.8. The number of aryl methyl sites for hydroxylation is 1. The van der Waals surface area contributed by atoms with E-state index in [9.17, 15) is 9.59 Å². The van der Waals surface area contributed by atoms with E-state index in [2.05, 4.69) is 5.32 Å². The molecule has 0 fully saturated rings. The van der Waals surface area contributed by atoms with Gasteiger partial charge in [-0.1, -0.05) is 13.8 Å². The van der Waals surface area contributed by atoms with E-state index in [0.29, 0.717) is 12.1 Å². The van der Waals surface area contributed by atoms with Crippen LogP contribution in [-0.4, -0.2) is 23.6 Å². The van der Waals surface area contributed by atoms with Crippen molar-refractivity contribution in [1.82, 2.24) is 0 Å². The molecular formula is C17H23NO4. The highest BCUT2D eigenvalue weighted by atomic mass is 16.5. The minimum Gasteiger partial charge on any atom is -0.493 e. The van der Waals surface area contributed by atoms with Crippen molar-refractivity contribution in [2.24, 2.45) is 11.8 Å². The summed E-state index contributed by atoms with van der Waals surface area (Å²) < 4.78 is 5.55. The summed E-state index contributed by atoms with van der Waals surface area (Å²) in [6.07, 6.45) is 2.33. The number of fused-ring (bicyclic) bond motifs is 1. The number of amides is 1. The number of anilines is 1. The summed E-state index contributed by atoms with van der Waals surface area (Å²) in [5.74, 6) is -0.544. The number of aliphatic carboxylic acids is 1. The molecule has 1 heterocycles. The largest absolute Gasteiger partial charge is 0.493 e. The van der Waals surface area contributed by atoms with Gasteiger partial charge >= 0.3 is 5.97 Å². The summed E-state index contributed by atoms with van der Waals surface area (Å²) >= 11 is 0. The van der Waals surface area contributed by atoms with Gasteiger partial charge in [0.05, 0.1) is 13.0 Å². The van der Waals surface area contributed by atoms with E-state index in [4.69, 9.17) is 9.84 Å². The molecule has 1 aromatic carbocycles. The van der Waals surface area contributed by atoms with Gasteiger partial charge in [0.2, 0.25) is 5.91 Å². The fourth-order valence-corrected chi connectivity index (χ4v) is 2.75. The fraction of sp³-hybridized carbons (Fsp3) is 0.529. The Morgan fingerprint density at radius 2 is 2.14 bits per heavy atom. The second-order valence-corrected chi connectivity index (χ2v) is 6.19. The van der Waals surface area contributed by atoms with Crippen LogP contribution in [0.15, 0.2) is 18.2 Å². The van der Waals surface area contributed by atoms with E-state index in [-0.39, 0.29) is 18.2 Å². The maximum atomic E-state index is 12.3. The van der Waals surface area contributed by atoms with Crippen LogP contribution < -0.4 is 10.1 Å². The van der Waals surface area contributed by atoms with E-state index in [1.807, 2.05) is 26.0 Å². The Bertz CT molecular complexity index is 554. The van der Waals surface area contributed by atoms with Crippen molar-refractivity contribution in [3.8, 4) is 5.75 Å². The third-order valence-electron chi connectivity index (χ3n) is 3.72. The van der Waals surface area contributed by atoms with Gasteiger partial charge in [-0.15, -0.1) is 0 Å². The number of rotatable bonds is 6. The summed E-state index contributed by atoms with van der Waals surface area (Å²) in [6.45, 7) is 4.70. The van der Waals surface area contributed by atoms with Crippen molar-refractivity contribution in [1.29, 1.82) is 0 Å². The van der Waals surface area contributed by atoms with Gasteiger partial charge in [-0.3, -0.25) is 9.59 Å². The molecule has 0 aromatic heterocycles. The Balaban J connectivity index is 2.06. The Hall–Kier alpha value is -2.04. The molecule has 2 rings (SSSR count). The molecule has 0 saturated heterocycles. The molecule has 1 aliphatic heterocycles. The quantitative estimate of drug-likeness (QED) is 0.847. The SMILES string of the molecule is CC(C)CC(CC(=O)O)C(=O)Nc1ccc2c(c1)CCCO2. The van der Waals surface area contributed by atoms with Crippen LogP contribution in [0, 0.1) is 11.8 Å². The zero-order valence-corrected chi connectivity index (χ0v) is 13.1. The van der Waals surface area contributed by atoms with E-state index in [1.54, 1.807) is 6.07 Å². The van der Waals surface area contributed by atoms with Crippen LogP contribution in [0.3, 0.4) is 0 Å². The molecule has 22 heavy (non-hydrogen) atoms. The highest BCUT2D eigenvalue weighted by Crippen LogP contribution is 2.28. The van der Waals surface area contributed by atoms with Crippen molar-refractivity contribution in [3.05, 3.63) is 23.8 Å². The lowest BCUT2D eigenvalue weighted by atomic mass is 9.93. The van der Waals surface area contributed by atoms with Crippen LogP contribution in [0.4, 0.5) is 5.69 Å². The van der Waals surface area contributed by atoms with E-state index in [1.165, 1.54) is 0 Å². The first-order chi connectivity index (χ1) is 10.5. The van der Waals surface area contributed by atoms with Crippen molar-refractivity contribution in [2.45, 2.75) is 39.5 Å².